The number of methoxy groups -OCH3 is 1. The maximum Gasteiger partial charge on any atom is 0.262 e. The van der Waals surface area contributed by atoms with Gasteiger partial charge in [0.15, 0.2) is 12.2 Å². The van der Waals surface area contributed by atoms with E-state index in [0.29, 0.717) is 27.9 Å². The van der Waals surface area contributed by atoms with Crippen molar-refractivity contribution in [2.75, 3.05) is 19.0 Å². The smallest absolute Gasteiger partial charge is 0.262 e. The number of nitrogens with one attached hydrogen (secondary N) is 1. The van der Waals surface area contributed by atoms with Crippen LogP contribution in [0.3, 0.4) is 0 Å². The van der Waals surface area contributed by atoms with E-state index in [9.17, 15) is 4.79 Å². The summed E-state index contributed by atoms with van der Waals surface area (Å²) in [5.74, 6) is 1.55. The van der Waals surface area contributed by atoms with Gasteiger partial charge in [0.1, 0.15) is 17.0 Å². The first kappa shape index (κ1) is 19.8. The molecule has 30 heavy (non-hydrogen) atoms. The third kappa shape index (κ3) is 4.39. The molecule has 7 heteroatoms. The molecule has 0 bridgehead atoms. The van der Waals surface area contributed by atoms with Crippen molar-refractivity contribution in [3.63, 3.8) is 0 Å². The molecule has 4 aromatic rings. The van der Waals surface area contributed by atoms with Gasteiger partial charge >= 0.3 is 0 Å². The molecule has 1 amide bonds. The SMILES string of the molecule is COc1ccc2oc(-c3ccc(NC(=O)COc4ccc(Cl)c(C)c4)cc3)nc2c1. The number of fused-ring (bicyclic) bond motifs is 1. The van der Waals surface area contributed by atoms with Crippen molar-refractivity contribution in [3.8, 4) is 23.0 Å². The van der Waals surface area contributed by atoms with Gasteiger partial charge in [0.05, 0.1) is 7.11 Å². The predicted octanol–water partition coefficient (Wildman–Crippen LogP) is 5.48. The van der Waals surface area contributed by atoms with E-state index in [1.165, 1.54) is 0 Å². The second kappa shape index (κ2) is 8.47. The third-order valence-electron chi connectivity index (χ3n) is 4.51. The molecule has 152 valence electrons. The number of aromatic nitrogens is 1. The highest BCUT2D eigenvalue weighted by molar-refractivity contribution is 6.31. The van der Waals surface area contributed by atoms with Crippen LogP contribution < -0.4 is 14.8 Å². The Balaban J connectivity index is 1.39. The summed E-state index contributed by atoms with van der Waals surface area (Å²) in [4.78, 5) is 16.7. The number of hydrogen-bond donors (Lipinski definition) is 1. The zero-order valence-corrected chi connectivity index (χ0v) is 17.2. The van der Waals surface area contributed by atoms with Gasteiger partial charge in [0.2, 0.25) is 5.89 Å². The quantitative estimate of drug-likeness (QED) is 0.445. The molecule has 1 N–H and O–H groups in total. The molecule has 6 nitrogen and oxygen atoms in total. The first-order valence-electron chi connectivity index (χ1n) is 9.25. The fourth-order valence-electron chi connectivity index (χ4n) is 2.91. The van der Waals surface area contributed by atoms with Gasteiger partial charge in [-0.05, 0) is 67.1 Å². The molecule has 4 rings (SSSR count). The maximum atomic E-state index is 12.2. The van der Waals surface area contributed by atoms with Gasteiger partial charge < -0.3 is 19.2 Å². The first-order chi connectivity index (χ1) is 14.5. The number of oxazole rings is 1. The summed E-state index contributed by atoms with van der Waals surface area (Å²) in [6, 6.07) is 18.0. The van der Waals surface area contributed by atoms with Crippen molar-refractivity contribution in [2.24, 2.45) is 0 Å². The molecule has 0 radical (unpaired) electrons. The molecule has 0 saturated heterocycles. The van der Waals surface area contributed by atoms with Gasteiger partial charge in [0, 0.05) is 22.3 Å². The van der Waals surface area contributed by atoms with E-state index in [0.717, 1.165) is 22.4 Å². The Bertz CT molecular complexity index is 1200. The average Bonchev–Trinajstić information content (AvgIpc) is 3.18. The topological polar surface area (TPSA) is 73.6 Å². The minimum absolute atomic E-state index is 0.101. The fourth-order valence-corrected chi connectivity index (χ4v) is 3.02. The number of rotatable bonds is 6. The maximum absolute atomic E-state index is 12.2. The molecule has 3 aromatic carbocycles. The first-order valence-corrected chi connectivity index (χ1v) is 9.63. The van der Waals surface area contributed by atoms with Crippen LogP contribution in [0.5, 0.6) is 11.5 Å². The number of amides is 1. The number of ether oxygens (including phenoxy) is 2. The third-order valence-corrected chi connectivity index (χ3v) is 4.93. The van der Waals surface area contributed by atoms with Gasteiger partial charge in [-0.25, -0.2) is 4.98 Å². The number of nitrogens with zero attached hydrogens (tertiary/aromatic N) is 1. The van der Waals surface area contributed by atoms with Crippen molar-refractivity contribution in [3.05, 3.63) is 71.2 Å². The second-order valence-electron chi connectivity index (χ2n) is 6.68. The summed E-state index contributed by atoms with van der Waals surface area (Å²) in [5.41, 5.74) is 3.74. The Hall–Kier alpha value is -3.51. The van der Waals surface area contributed by atoms with Crippen molar-refractivity contribution < 1.29 is 18.7 Å². The molecule has 0 saturated carbocycles. The summed E-state index contributed by atoms with van der Waals surface area (Å²) >= 11 is 5.99. The van der Waals surface area contributed by atoms with Gasteiger partial charge in [-0.1, -0.05) is 11.6 Å². The summed E-state index contributed by atoms with van der Waals surface area (Å²) in [6.45, 7) is 1.78. The molecule has 1 aromatic heterocycles. The number of benzene rings is 3. The van der Waals surface area contributed by atoms with E-state index >= 15 is 0 Å². The van der Waals surface area contributed by atoms with Crippen LogP contribution in [0, 0.1) is 6.92 Å². The average molecular weight is 423 g/mol. The van der Waals surface area contributed by atoms with Crippen LogP contribution in [0.1, 0.15) is 5.56 Å². The number of carbonyl (C=O) groups is 1. The summed E-state index contributed by atoms with van der Waals surface area (Å²) < 4.78 is 16.5. The van der Waals surface area contributed by atoms with Crippen molar-refractivity contribution >= 4 is 34.3 Å². The van der Waals surface area contributed by atoms with Crippen LogP contribution in [-0.2, 0) is 4.79 Å². The highest BCUT2D eigenvalue weighted by atomic mass is 35.5. The predicted molar refractivity (Wildman–Crippen MR) is 116 cm³/mol. The number of carbonyl (C=O) groups excluding carboxylic acids is 1. The van der Waals surface area contributed by atoms with Crippen LogP contribution >= 0.6 is 11.6 Å². The molecule has 0 fully saturated rings. The fraction of sp³-hybridized carbons (Fsp3) is 0.130. The van der Waals surface area contributed by atoms with Crippen molar-refractivity contribution in [1.29, 1.82) is 0 Å². The lowest BCUT2D eigenvalue weighted by Gasteiger charge is -2.09. The van der Waals surface area contributed by atoms with Gasteiger partial charge in [-0.2, -0.15) is 0 Å². The summed E-state index contributed by atoms with van der Waals surface area (Å²) in [7, 11) is 1.61. The number of anilines is 1. The molecule has 0 unspecified atom stereocenters. The van der Waals surface area contributed by atoms with E-state index in [2.05, 4.69) is 10.3 Å². The van der Waals surface area contributed by atoms with E-state index in [1.54, 1.807) is 37.4 Å². The van der Waals surface area contributed by atoms with Gasteiger partial charge in [-0.3, -0.25) is 4.79 Å². The number of hydrogen-bond acceptors (Lipinski definition) is 5. The van der Waals surface area contributed by atoms with Crippen LogP contribution in [0.4, 0.5) is 5.69 Å². The highest BCUT2D eigenvalue weighted by Gasteiger charge is 2.10. The van der Waals surface area contributed by atoms with Crippen LogP contribution in [0.25, 0.3) is 22.6 Å². The standard InChI is InChI=1S/C23H19ClN2O4/c1-14-11-18(7-9-19(14)24)29-13-22(27)25-16-5-3-15(4-6-16)23-26-20-12-17(28-2)8-10-21(20)30-23/h3-12H,13H2,1-2H3,(H,25,27). The van der Waals surface area contributed by atoms with Gasteiger partial charge in [-0.15, -0.1) is 0 Å². The molecule has 0 atom stereocenters. The Labute approximate surface area is 178 Å². The Morgan fingerprint density at radius 3 is 2.57 bits per heavy atom. The minimum Gasteiger partial charge on any atom is -0.497 e. The lowest BCUT2D eigenvalue weighted by Crippen LogP contribution is -2.20. The van der Waals surface area contributed by atoms with E-state index < -0.39 is 0 Å². The lowest BCUT2D eigenvalue weighted by atomic mass is 10.2. The minimum atomic E-state index is -0.260. The monoisotopic (exact) mass is 422 g/mol. The van der Waals surface area contributed by atoms with E-state index in [4.69, 9.17) is 25.5 Å². The molecule has 1 heterocycles. The molecular weight excluding hydrogens is 404 g/mol. The molecule has 0 aliphatic carbocycles. The van der Waals surface area contributed by atoms with Crippen LogP contribution in [0.15, 0.2) is 65.1 Å². The second-order valence-corrected chi connectivity index (χ2v) is 7.09. The summed E-state index contributed by atoms with van der Waals surface area (Å²) in [6.07, 6.45) is 0. The van der Waals surface area contributed by atoms with Crippen molar-refractivity contribution in [2.45, 2.75) is 6.92 Å². The largest absolute Gasteiger partial charge is 0.497 e. The van der Waals surface area contributed by atoms with Crippen molar-refractivity contribution in [1.82, 2.24) is 4.98 Å². The van der Waals surface area contributed by atoms with E-state index in [-0.39, 0.29) is 12.5 Å². The zero-order valence-electron chi connectivity index (χ0n) is 16.4. The van der Waals surface area contributed by atoms with Crippen LogP contribution in [0.2, 0.25) is 5.02 Å². The highest BCUT2D eigenvalue weighted by Crippen LogP contribution is 2.27. The normalized spacial score (nSPS) is 10.8. The Morgan fingerprint density at radius 1 is 1.07 bits per heavy atom. The van der Waals surface area contributed by atoms with Gasteiger partial charge in [0.25, 0.3) is 5.91 Å². The number of aryl methyl sites for hydroxylation is 1. The van der Waals surface area contributed by atoms with E-state index in [1.807, 2.05) is 37.3 Å². The Morgan fingerprint density at radius 2 is 1.83 bits per heavy atom. The zero-order chi connectivity index (χ0) is 21.1. The molecule has 0 spiro atoms. The lowest BCUT2D eigenvalue weighted by molar-refractivity contribution is -0.118. The molecule has 0 aliphatic heterocycles. The Kier molecular flexibility index (Phi) is 5.59. The van der Waals surface area contributed by atoms with Crippen LogP contribution in [-0.4, -0.2) is 24.6 Å². The molecular formula is C23H19ClN2O4. The summed E-state index contributed by atoms with van der Waals surface area (Å²) in [5, 5.41) is 3.46. The molecule has 0 aliphatic rings. The number of halogens is 1.